The Balaban J connectivity index is 1.64. The summed E-state index contributed by atoms with van der Waals surface area (Å²) in [6, 6.07) is 11.1. The molecule has 1 saturated carbocycles. The van der Waals surface area contributed by atoms with Crippen LogP contribution in [0.4, 0.5) is 0 Å². The zero-order valence-corrected chi connectivity index (χ0v) is 11.9. The van der Waals surface area contributed by atoms with Gasteiger partial charge in [0.1, 0.15) is 0 Å². The van der Waals surface area contributed by atoms with Crippen LogP contribution in [0.5, 0.6) is 0 Å². The van der Waals surface area contributed by atoms with Crippen molar-refractivity contribution >= 4 is 0 Å². The fraction of sp³-hybridized carbons (Fsp3) is 0.471. The van der Waals surface area contributed by atoms with Crippen molar-refractivity contribution in [2.75, 3.05) is 0 Å². The number of nitrogens with two attached hydrogens (primary N) is 1. The van der Waals surface area contributed by atoms with E-state index in [2.05, 4.69) is 42.4 Å². The van der Waals surface area contributed by atoms with Crippen LogP contribution in [0.25, 0.3) is 0 Å². The highest BCUT2D eigenvalue weighted by molar-refractivity contribution is 5.40. The number of rotatable bonds is 3. The average molecular weight is 267 g/mol. The van der Waals surface area contributed by atoms with Gasteiger partial charge in [0.2, 0.25) is 0 Å². The molecule has 1 aromatic heterocycles. The van der Waals surface area contributed by atoms with Gasteiger partial charge in [-0.15, -0.1) is 0 Å². The summed E-state index contributed by atoms with van der Waals surface area (Å²) in [6.07, 6.45) is 4.38. The van der Waals surface area contributed by atoms with Gasteiger partial charge in [-0.05, 0) is 54.7 Å². The van der Waals surface area contributed by atoms with Crippen molar-refractivity contribution in [2.24, 2.45) is 17.6 Å². The number of aryl methyl sites for hydroxylation is 2. The van der Waals surface area contributed by atoms with E-state index in [-0.39, 0.29) is 6.04 Å². The zero-order chi connectivity index (χ0) is 13.7. The highest BCUT2D eigenvalue weighted by atomic mass is 15.3. The first-order valence-electron chi connectivity index (χ1n) is 7.66. The smallest absolute Gasteiger partial charge is 0.0554 e. The van der Waals surface area contributed by atoms with Crippen LogP contribution in [0, 0.1) is 11.8 Å². The summed E-state index contributed by atoms with van der Waals surface area (Å²) < 4.78 is 2.04. The molecule has 0 bridgehead atoms. The first-order valence-corrected chi connectivity index (χ1v) is 7.66. The molecule has 20 heavy (non-hydrogen) atoms. The molecule has 2 aliphatic rings. The van der Waals surface area contributed by atoms with Crippen LogP contribution < -0.4 is 5.73 Å². The van der Waals surface area contributed by atoms with Gasteiger partial charge < -0.3 is 5.73 Å². The van der Waals surface area contributed by atoms with Crippen molar-refractivity contribution in [3.63, 3.8) is 0 Å². The second kappa shape index (κ2) is 4.45. The molecule has 1 heterocycles. The molecule has 0 spiro atoms. The number of benzene rings is 1. The molecule has 3 nitrogen and oxygen atoms in total. The van der Waals surface area contributed by atoms with E-state index >= 15 is 0 Å². The summed E-state index contributed by atoms with van der Waals surface area (Å²) in [5.74, 6) is 2.05. The first-order chi connectivity index (χ1) is 9.81. The van der Waals surface area contributed by atoms with Crippen LogP contribution in [0.15, 0.2) is 36.5 Å². The Morgan fingerprint density at radius 1 is 1.35 bits per heavy atom. The first kappa shape index (κ1) is 12.2. The lowest BCUT2D eigenvalue weighted by Gasteiger charge is -2.14. The van der Waals surface area contributed by atoms with Gasteiger partial charge in [0.05, 0.1) is 11.7 Å². The fourth-order valence-electron chi connectivity index (χ4n) is 4.20. The monoisotopic (exact) mass is 267 g/mol. The van der Waals surface area contributed by atoms with Crippen LogP contribution >= 0.6 is 0 Å². The third-order valence-corrected chi connectivity index (χ3v) is 5.20. The number of hydrogen-bond acceptors (Lipinski definition) is 2. The summed E-state index contributed by atoms with van der Waals surface area (Å²) in [7, 11) is 0. The van der Waals surface area contributed by atoms with Crippen LogP contribution in [0.2, 0.25) is 0 Å². The average Bonchev–Trinajstić information content (AvgIpc) is 3.04. The lowest BCUT2D eigenvalue weighted by molar-refractivity contribution is 0.501. The second-order valence-corrected chi connectivity index (χ2v) is 6.10. The fourth-order valence-corrected chi connectivity index (χ4v) is 4.20. The van der Waals surface area contributed by atoms with E-state index in [0.717, 1.165) is 12.5 Å². The summed E-state index contributed by atoms with van der Waals surface area (Å²) in [5, 5.41) is 4.36. The van der Waals surface area contributed by atoms with E-state index in [1.807, 2.05) is 10.9 Å². The number of fused-ring (bicyclic) bond motifs is 3. The van der Waals surface area contributed by atoms with Gasteiger partial charge in [0.15, 0.2) is 0 Å². The quantitative estimate of drug-likeness (QED) is 0.929. The molecular weight excluding hydrogens is 246 g/mol. The third-order valence-electron chi connectivity index (χ3n) is 5.20. The van der Waals surface area contributed by atoms with Gasteiger partial charge in [-0.2, -0.15) is 5.10 Å². The minimum Gasteiger partial charge on any atom is -0.322 e. The van der Waals surface area contributed by atoms with E-state index in [9.17, 15) is 0 Å². The summed E-state index contributed by atoms with van der Waals surface area (Å²) in [5.41, 5.74) is 10.9. The van der Waals surface area contributed by atoms with Crippen LogP contribution in [0.3, 0.4) is 0 Å². The number of aromatic nitrogens is 2. The lowest BCUT2D eigenvalue weighted by Crippen LogP contribution is -2.19. The minimum absolute atomic E-state index is 0.124. The predicted molar refractivity (Wildman–Crippen MR) is 79.3 cm³/mol. The minimum atomic E-state index is 0.124. The highest BCUT2D eigenvalue weighted by Crippen LogP contribution is 2.63. The van der Waals surface area contributed by atoms with Crippen molar-refractivity contribution < 1.29 is 0 Å². The molecule has 0 amide bonds. The Kier molecular flexibility index (Phi) is 2.71. The van der Waals surface area contributed by atoms with Gasteiger partial charge >= 0.3 is 0 Å². The van der Waals surface area contributed by atoms with Crippen molar-refractivity contribution in [1.29, 1.82) is 0 Å². The molecule has 1 aromatic carbocycles. The van der Waals surface area contributed by atoms with Crippen molar-refractivity contribution in [3.05, 3.63) is 53.3 Å². The molecule has 4 unspecified atom stereocenters. The Bertz CT molecular complexity index is 631. The van der Waals surface area contributed by atoms with Gasteiger partial charge in [0, 0.05) is 12.7 Å². The lowest BCUT2D eigenvalue weighted by atomic mass is 9.92. The Morgan fingerprint density at radius 2 is 2.20 bits per heavy atom. The van der Waals surface area contributed by atoms with Gasteiger partial charge in [-0.25, -0.2) is 0 Å². The van der Waals surface area contributed by atoms with Crippen molar-refractivity contribution in [2.45, 2.75) is 38.3 Å². The van der Waals surface area contributed by atoms with E-state index in [0.29, 0.717) is 11.8 Å². The zero-order valence-electron chi connectivity index (χ0n) is 11.9. The molecule has 0 radical (unpaired) electrons. The summed E-state index contributed by atoms with van der Waals surface area (Å²) >= 11 is 0. The highest BCUT2D eigenvalue weighted by Gasteiger charge is 2.56. The number of hydrogen-bond donors (Lipinski definition) is 1. The Hall–Kier alpha value is -1.61. The Morgan fingerprint density at radius 3 is 3.05 bits per heavy atom. The van der Waals surface area contributed by atoms with E-state index < -0.39 is 0 Å². The molecule has 2 aromatic rings. The third kappa shape index (κ3) is 1.66. The SMILES string of the molecule is CCn1nccc1C(N)C1C2CCc3ccccc3C21. The second-order valence-electron chi connectivity index (χ2n) is 6.10. The van der Waals surface area contributed by atoms with E-state index in [4.69, 9.17) is 5.73 Å². The molecule has 1 fully saturated rings. The topological polar surface area (TPSA) is 43.8 Å². The van der Waals surface area contributed by atoms with Gasteiger partial charge in [-0.1, -0.05) is 24.3 Å². The molecule has 0 saturated heterocycles. The largest absolute Gasteiger partial charge is 0.322 e. The molecule has 0 aliphatic heterocycles. The molecule has 4 rings (SSSR count). The van der Waals surface area contributed by atoms with Crippen molar-refractivity contribution in [3.8, 4) is 0 Å². The Labute approximate surface area is 119 Å². The van der Waals surface area contributed by atoms with Gasteiger partial charge in [-0.3, -0.25) is 4.68 Å². The molecule has 2 N–H and O–H groups in total. The van der Waals surface area contributed by atoms with E-state index in [1.54, 1.807) is 5.56 Å². The van der Waals surface area contributed by atoms with Crippen molar-refractivity contribution in [1.82, 2.24) is 9.78 Å². The van der Waals surface area contributed by atoms with Crippen LogP contribution in [-0.4, -0.2) is 9.78 Å². The van der Waals surface area contributed by atoms with Crippen LogP contribution in [0.1, 0.15) is 42.1 Å². The normalized spacial score (nSPS) is 28.6. The number of nitrogens with zero attached hydrogens (tertiary/aromatic N) is 2. The molecule has 3 heteroatoms. The summed E-state index contributed by atoms with van der Waals surface area (Å²) in [6.45, 7) is 3.02. The maximum atomic E-state index is 6.58. The standard InChI is InChI=1S/C17H21N3/c1-2-20-14(9-10-19-20)17(18)16-13-8-7-11-5-3-4-6-12(11)15(13)16/h3-6,9-10,13,15-17H,2,7-8,18H2,1H3. The molecule has 4 atom stereocenters. The van der Waals surface area contributed by atoms with E-state index in [1.165, 1.54) is 24.1 Å². The maximum absolute atomic E-state index is 6.58. The summed E-state index contributed by atoms with van der Waals surface area (Å²) in [4.78, 5) is 0. The van der Waals surface area contributed by atoms with Crippen LogP contribution in [-0.2, 0) is 13.0 Å². The molecular formula is C17H21N3. The predicted octanol–water partition coefficient (Wildman–Crippen LogP) is 2.88. The molecule has 104 valence electrons. The molecule has 2 aliphatic carbocycles. The van der Waals surface area contributed by atoms with Gasteiger partial charge in [0.25, 0.3) is 0 Å². The maximum Gasteiger partial charge on any atom is 0.0554 e.